The molecule has 0 amide bonds. The van der Waals surface area contributed by atoms with E-state index in [1.54, 1.807) is 0 Å². The molecule has 0 saturated heterocycles. The van der Waals surface area contributed by atoms with Crippen LogP contribution in [0.25, 0.3) is 0 Å². The smallest absolute Gasteiger partial charge is 0.206 e. The van der Waals surface area contributed by atoms with Crippen LogP contribution in [0.3, 0.4) is 0 Å². The number of hydrogen-bond donors (Lipinski definition) is 1. The third-order valence-corrected chi connectivity index (χ3v) is 7.42. The lowest BCUT2D eigenvalue weighted by atomic mass is 9.98. The summed E-state index contributed by atoms with van der Waals surface area (Å²) < 4.78 is 38.5. The molecule has 0 heterocycles. The second-order valence-electron chi connectivity index (χ2n) is 5.48. The molecule has 17 heavy (non-hydrogen) atoms. The first kappa shape index (κ1) is 13.5. The topological polar surface area (TPSA) is 37.3 Å². The molecule has 0 aromatic rings. The highest BCUT2D eigenvalue weighted by Gasteiger charge is 2.42. The average Bonchev–Trinajstić information content (AvgIpc) is 2.30. The van der Waals surface area contributed by atoms with Gasteiger partial charge in [-0.05, 0) is 51.4 Å². The van der Waals surface area contributed by atoms with Crippen molar-refractivity contribution < 1.29 is 18.2 Å². The molecule has 5 heteroatoms. The molecular weight excluding hydrogens is 245 g/mol. The van der Waals surface area contributed by atoms with E-state index in [9.17, 15) is 18.2 Å². The SMILES string of the molecule is O=P(O)(C1CCC(F)CC1)C1CCC(F)CC1. The molecule has 2 nitrogen and oxygen atoms in total. The highest BCUT2D eigenvalue weighted by molar-refractivity contribution is 7.59. The van der Waals surface area contributed by atoms with E-state index in [1.807, 2.05) is 0 Å². The van der Waals surface area contributed by atoms with Crippen LogP contribution in [-0.4, -0.2) is 28.6 Å². The first-order valence-corrected chi connectivity index (χ1v) is 8.40. The van der Waals surface area contributed by atoms with Crippen LogP contribution in [0.5, 0.6) is 0 Å². The van der Waals surface area contributed by atoms with E-state index in [2.05, 4.69) is 0 Å². The van der Waals surface area contributed by atoms with Gasteiger partial charge < -0.3 is 4.89 Å². The van der Waals surface area contributed by atoms with E-state index < -0.39 is 19.7 Å². The zero-order valence-corrected chi connectivity index (χ0v) is 10.9. The quantitative estimate of drug-likeness (QED) is 0.771. The van der Waals surface area contributed by atoms with Crippen molar-refractivity contribution in [1.82, 2.24) is 0 Å². The van der Waals surface area contributed by atoms with Gasteiger partial charge in [0.25, 0.3) is 0 Å². The van der Waals surface area contributed by atoms with Crippen molar-refractivity contribution in [2.45, 2.75) is 75.0 Å². The summed E-state index contributed by atoms with van der Waals surface area (Å²) in [6, 6.07) is 0. The van der Waals surface area contributed by atoms with Crippen molar-refractivity contribution >= 4 is 7.37 Å². The Hall–Kier alpha value is 0.0500. The predicted octanol–water partition coefficient (Wildman–Crippen LogP) is 3.82. The van der Waals surface area contributed by atoms with E-state index in [-0.39, 0.29) is 11.3 Å². The van der Waals surface area contributed by atoms with Crippen molar-refractivity contribution in [2.75, 3.05) is 0 Å². The monoisotopic (exact) mass is 266 g/mol. The number of halogens is 2. The lowest BCUT2D eigenvalue weighted by Crippen LogP contribution is -2.27. The summed E-state index contributed by atoms with van der Waals surface area (Å²) in [4.78, 5) is 10.2. The maximum Gasteiger partial charge on any atom is 0.206 e. The van der Waals surface area contributed by atoms with Gasteiger partial charge >= 0.3 is 0 Å². The van der Waals surface area contributed by atoms with E-state index in [1.165, 1.54) is 0 Å². The normalized spacial score (nSPS) is 43.0. The third-order valence-electron chi connectivity index (χ3n) is 4.30. The zero-order chi connectivity index (χ0) is 12.5. The lowest BCUT2D eigenvalue weighted by Gasteiger charge is -2.35. The predicted molar refractivity (Wildman–Crippen MR) is 64.1 cm³/mol. The second-order valence-corrected chi connectivity index (χ2v) is 8.29. The molecule has 0 spiro atoms. The summed E-state index contributed by atoms with van der Waals surface area (Å²) in [6.07, 6.45) is 2.12. The Labute approximate surface area is 101 Å². The molecule has 2 rings (SSSR count). The largest absolute Gasteiger partial charge is 0.344 e. The molecule has 2 aliphatic carbocycles. The molecule has 0 aromatic heterocycles. The fourth-order valence-electron chi connectivity index (χ4n) is 3.11. The third kappa shape index (κ3) is 3.08. The number of rotatable bonds is 2. The molecule has 0 radical (unpaired) electrons. The van der Waals surface area contributed by atoms with Crippen LogP contribution in [0.2, 0.25) is 0 Å². The molecule has 0 bridgehead atoms. The maximum atomic E-state index is 13.0. The molecule has 0 unspecified atom stereocenters. The van der Waals surface area contributed by atoms with Crippen LogP contribution in [0.15, 0.2) is 0 Å². The van der Waals surface area contributed by atoms with E-state index >= 15 is 0 Å². The van der Waals surface area contributed by atoms with Gasteiger partial charge in [-0.3, -0.25) is 4.57 Å². The Bertz CT molecular complexity index is 269. The van der Waals surface area contributed by atoms with Crippen LogP contribution in [0.4, 0.5) is 8.78 Å². The minimum Gasteiger partial charge on any atom is -0.344 e. The Balaban J connectivity index is 1.95. The van der Waals surface area contributed by atoms with Gasteiger partial charge in [0, 0.05) is 11.3 Å². The van der Waals surface area contributed by atoms with Crippen LogP contribution in [0, 0.1) is 0 Å². The molecule has 2 fully saturated rings. The maximum absolute atomic E-state index is 13.0. The number of hydrogen-bond acceptors (Lipinski definition) is 1. The molecule has 0 aliphatic heterocycles. The molecular formula is C12H21F2O2P. The molecule has 100 valence electrons. The highest BCUT2D eigenvalue weighted by atomic mass is 31.2. The van der Waals surface area contributed by atoms with Gasteiger partial charge in [0.15, 0.2) is 0 Å². The van der Waals surface area contributed by atoms with Crippen molar-refractivity contribution in [1.29, 1.82) is 0 Å². The molecule has 0 aromatic carbocycles. The molecule has 0 atom stereocenters. The van der Waals surface area contributed by atoms with Gasteiger partial charge in [-0.1, -0.05) is 0 Å². The van der Waals surface area contributed by atoms with E-state index in [0.29, 0.717) is 51.4 Å². The summed E-state index contributed by atoms with van der Waals surface area (Å²) >= 11 is 0. The van der Waals surface area contributed by atoms with Crippen LogP contribution < -0.4 is 0 Å². The Morgan fingerprint density at radius 1 is 0.765 bits per heavy atom. The number of alkyl halides is 2. The fraction of sp³-hybridized carbons (Fsp3) is 1.00. The van der Waals surface area contributed by atoms with E-state index in [4.69, 9.17) is 0 Å². The average molecular weight is 266 g/mol. The van der Waals surface area contributed by atoms with Crippen LogP contribution >= 0.6 is 7.37 Å². The summed E-state index contributed by atoms with van der Waals surface area (Å²) in [7, 11) is -3.23. The standard InChI is InChI=1S/C12H21F2O2P/c13-9-1-5-11(6-2-9)17(15,16)12-7-3-10(14)4-8-12/h9-12H,1-8H2,(H,15,16). The minimum absolute atomic E-state index is 0.240. The van der Waals surface area contributed by atoms with Crippen LogP contribution in [0.1, 0.15) is 51.4 Å². The zero-order valence-electron chi connectivity index (χ0n) is 10.0. The van der Waals surface area contributed by atoms with Crippen molar-refractivity contribution in [3.63, 3.8) is 0 Å². The Morgan fingerprint density at radius 2 is 1.06 bits per heavy atom. The first-order chi connectivity index (χ1) is 8.00. The van der Waals surface area contributed by atoms with Gasteiger partial charge in [-0.15, -0.1) is 0 Å². The first-order valence-electron chi connectivity index (χ1n) is 6.60. The Morgan fingerprint density at radius 3 is 1.35 bits per heavy atom. The molecule has 2 saturated carbocycles. The van der Waals surface area contributed by atoms with Crippen LogP contribution in [-0.2, 0) is 4.57 Å². The fourth-order valence-corrected chi connectivity index (χ4v) is 5.78. The lowest BCUT2D eigenvalue weighted by molar-refractivity contribution is 0.235. The van der Waals surface area contributed by atoms with Gasteiger partial charge in [0.2, 0.25) is 7.37 Å². The van der Waals surface area contributed by atoms with Gasteiger partial charge in [-0.2, -0.15) is 0 Å². The molecule has 1 N–H and O–H groups in total. The van der Waals surface area contributed by atoms with Gasteiger partial charge in [0.05, 0.1) is 0 Å². The minimum atomic E-state index is -3.23. The van der Waals surface area contributed by atoms with Crippen molar-refractivity contribution in [2.24, 2.45) is 0 Å². The van der Waals surface area contributed by atoms with Gasteiger partial charge in [-0.25, -0.2) is 8.78 Å². The Kier molecular flexibility index (Phi) is 4.25. The summed E-state index contributed by atoms with van der Waals surface area (Å²) in [5.74, 6) is 0. The summed E-state index contributed by atoms with van der Waals surface area (Å²) in [6.45, 7) is 0. The van der Waals surface area contributed by atoms with E-state index in [0.717, 1.165) is 0 Å². The molecule has 2 aliphatic rings. The summed E-state index contributed by atoms with van der Waals surface area (Å²) in [5.41, 5.74) is -0.480. The second kappa shape index (κ2) is 5.36. The van der Waals surface area contributed by atoms with Crippen molar-refractivity contribution in [3.05, 3.63) is 0 Å². The summed E-state index contributed by atoms with van der Waals surface area (Å²) in [5, 5.41) is 0. The van der Waals surface area contributed by atoms with Gasteiger partial charge in [0.1, 0.15) is 12.3 Å². The highest BCUT2D eigenvalue weighted by Crippen LogP contribution is 2.59. The van der Waals surface area contributed by atoms with Crippen molar-refractivity contribution in [3.8, 4) is 0 Å².